The molecule has 0 bridgehead atoms. The third kappa shape index (κ3) is 4.60. The molecule has 0 unspecified atom stereocenters. The number of non-ortho nitro benzene ring substituents is 1. The summed E-state index contributed by atoms with van der Waals surface area (Å²) in [4.78, 5) is 22.5. The monoisotopic (exact) mass is 376 g/mol. The van der Waals surface area contributed by atoms with Gasteiger partial charge in [-0.05, 0) is 24.8 Å². The molecule has 0 radical (unpaired) electrons. The molecule has 26 heavy (non-hydrogen) atoms. The van der Waals surface area contributed by atoms with E-state index in [4.69, 9.17) is 4.42 Å². The Labute approximate surface area is 154 Å². The van der Waals surface area contributed by atoms with Crippen LogP contribution in [0, 0.1) is 16.0 Å². The first-order chi connectivity index (χ1) is 12.5. The van der Waals surface area contributed by atoms with E-state index in [2.05, 4.69) is 22.4 Å². The lowest BCUT2D eigenvalue weighted by molar-refractivity contribution is -0.384. The van der Waals surface area contributed by atoms with Crippen LogP contribution in [0.5, 0.6) is 0 Å². The number of nitrogens with one attached hydrogen (secondary N) is 1. The molecule has 1 fully saturated rings. The first-order valence-corrected chi connectivity index (χ1v) is 9.52. The van der Waals surface area contributed by atoms with Crippen molar-refractivity contribution in [2.24, 2.45) is 5.92 Å². The summed E-state index contributed by atoms with van der Waals surface area (Å²) < 4.78 is 5.50. The third-order valence-corrected chi connectivity index (χ3v) is 5.31. The van der Waals surface area contributed by atoms with Gasteiger partial charge in [-0.2, -0.15) is 0 Å². The molecule has 1 amide bonds. The maximum Gasteiger partial charge on any atom is 0.277 e. The minimum atomic E-state index is -0.480. The predicted molar refractivity (Wildman–Crippen MR) is 96.7 cm³/mol. The van der Waals surface area contributed by atoms with Crippen molar-refractivity contribution in [1.29, 1.82) is 0 Å². The number of rotatable bonds is 6. The van der Waals surface area contributed by atoms with Crippen molar-refractivity contribution in [1.82, 2.24) is 15.5 Å². The maximum atomic E-state index is 12.1. The van der Waals surface area contributed by atoms with Crippen molar-refractivity contribution < 1.29 is 14.1 Å². The van der Waals surface area contributed by atoms with Crippen LogP contribution in [-0.4, -0.2) is 32.8 Å². The Morgan fingerprint density at radius 1 is 1.38 bits per heavy atom. The Morgan fingerprint density at radius 2 is 2.19 bits per heavy atom. The van der Waals surface area contributed by atoms with Gasteiger partial charge < -0.3 is 9.73 Å². The molecule has 2 aromatic rings. The standard InChI is InChI=1S/C17H20N4O4S/c1-11-5-2-3-8-14(11)18-15(22)10-26-17-20-19-16(25-17)12-6-4-7-13(9-12)21(23)24/h4,6-7,9,11,14H,2-3,5,8,10H2,1H3,(H,18,22)/t11-,14-/m1/s1. The molecule has 0 aliphatic heterocycles. The molecule has 8 nitrogen and oxygen atoms in total. The van der Waals surface area contributed by atoms with Gasteiger partial charge >= 0.3 is 0 Å². The molecule has 0 spiro atoms. The molecule has 1 aromatic heterocycles. The summed E-state index contributed by atoms with van der Waals surface area (Å²) in [6.45, 7) is 2.17. The lowest BCUT2D eigenvalue weighted by Gasteiger charge is -2.29. The van der Waals surface area contributed by atoms with Crippen LogP contribution < -0.4 is 5.32 Å². The average Bonchev–Trinajstić information content (AvgIpc) is 3.11. The van der Waals surface area contributed by atoms with Crippen LogP contribution in [0.2, 0.25) is 0 Å². The summed E-state index contributed by atoms with van der Waals surface area (Å²) in [7, 11) is 0. The van der Waals surface area contributed by atoms with Gasteiger partial charge in [-0.15, -0.1) is 10.2 Å². The Hall–Kier alpha value is -2.42. The van der Waals surface area contributed by atoms with E-state index in [1.54, 1.807) is 12.1 Å². The number of carbonyl (C=O) groups is 1. The van der Waals surface area contributed by atoms with E-state index < -0.39 is 4.92 Å². The smallest absolute Gasteiger partial charge is 0.277 e. The summed E-state index contributed by atoms with van der Waals surface area (Å²) in [6.07, 6.45) is 4.55. The van der Waals surface area contributed by atoms with Crippen molar-refractivity contribution in [3.63, 3.8) is 0 Å². The van der Waals surface area contributed by atoms with Crippen LogP contribution >= 0.6 is 11.8 Å². The topological polar surface area (TPSA) is 111 Å². The molecule has 9 heteroatoms. The van der Waals surface area contributed by atoms with Crippen molar-refractivity contribution in [3.8, 4) is 11.5 Å². The molecule has 1 saturated carbocycles. The van der Waals surface area contributed by atoms with Crippen LogP contribution in [0.1, 0.15) is 32.6 Å². The molecule has 138 valence electrons. The van der Waals surface area contributed by atoms with Gasteiger partial charge in [0, 0.05) is 23.7 Å². The van der Waals surface area contributed by atoms with Crippen molar-refractivity contribution in [2.75, 3.05) is 5.75 Å². The maximum absolute atomic E-state index is 12.1. The molecule has 1 aliphatic carbocycles. The lowest BCUT2D eigenvalue weighted by Crippen LogP contribution is -2.41. The van der Waals surface area contributed by atoms with Crippen LogP contribution in [-0.2, 0) is 4.79 Å². The summed E-state index contributed by atoms with van der Waals surface area (Å²) in [5.74, 6) is 0.836. The van der Waals surface area contributed by atoms with Gasteiger partial charge in [0.25, 0.3) is 10.9 Å². The fourth-order valence-corrected chi connectivity index (χ4v) is 3.62. The highest BCUT2D eigenvalue weighted by atomic mass is 32.2. The van der Waals surface area contributed by atoms with E-state index in [1.165, 1.54) is 18.6 Å². The number of aromatic nitrogens is 2. The third-order valence-electron chi connectivity index (χ3n) is 4.49. The van der Waals surface area contributed by atoms with E-state index >= 15 is 0 Å². The molecule has 3 rings (SSSR count). The summed E-state index contributed by atoms with van der Waals surface area (Å²) in [6, 6.07) is 6.22. The zero-order valence-electron chi connectivity index (χ0n) is 14.4. The highest BCUT2D eigenvalue weighted by Gasteiger charge is 2.23. The molecule has 2 atom stereocenters. The second-order valence-corrected chi connectivity index (χ2v) is 7.33. The number of nitrogens with zero attached hydrogens (tertiary/aromatic N) is 3. The van der Waals surface area contributed by atoms with E-state index in [0.29, 0.717) is 11.5 Å². The van der Waals surface area contributed by atoms with Gasteiger partial charge in [0.1, 0.15) is 0 Å². The molecule has 1 heterocycles. The zero-order valence-corrected chi connectivity index (χ0v) is 15.2. The Bertz CT molecular complexity index is 795. The van der Waals surface area contributed by atoms with Crippen LogP contribution in [0.15, 0.2) is 33.9 Å². The largest absolute Gasteiger partial charge is 0.411 e. The Kier molecular flexibility index (Phi) is 5.87. The van der Waals surface area contributed by atoms with Gasteiger partial charge in [0.15, 0.2) is 0 Å². The second kappa shape index (κ2) is 8.31. The fraction of sp³-hybridized carbons (Fsp3) is 0.471. The van der Waals surface area contributed by atoms with E-state index in [0.717, 1.165) is 31.0 Å². The van der Waals surface area contributed by atoms with Crippen LogP contribution in [0.4, 0.5) is 5.69 Å². The Balaban J connectivity index is 1.56. The van der Waals surface area contributed by atoms with E-state index in [1.807, 2.05) is 0 Å². The second-order valence-electron chi connectivity index (χ2n) is 6.40. The van der Waals surface area contributed by atoms with E-state index in [-0.39, 0.29) is 34.5 Å². The zero-order chi connectivity index (χ0) is 18.5. The highest BCUT2D eigenvalue weighted by molar-refractivity contribution is 7.99. The quantitative estimate of drug-likeness (QED) is 0.467. The summed E-state index contributed by atoms with van der Waals surface area (Å²) in [5.41, 5.74) is 0.426. The minimum absolute atomic E-state index is 0.0455. The van der Waals surface area contributed by atoms with E-state index in [9.17, 15) is 14.9 Å². The number of benzene rings is 1. The fourth-order valence-electron chi connectivity index (χ4n) is 3.04. The first-order valence-electron chi connectivity index (χ1n) is 8.53. The Morgan fingerprint density at radius 3 is 2.96 bits per heavy atom. The SMILES string of the molecule is C[C@@H]1CCCC[C@H]1NC(=O)CSc1nnc(-c2cccc([N+](=O)[O-])c2)o1. The number of amides is 1. The van der Waals surface area contributed by atoms with Crippen molar-refractivity contribution >= 4 is 23.4 Å². The number of nitro benzene ring substituents is 1. The molecule has 1 N–H and O–H groups in total. The normalized spacial score (nSPS) is 19.9. The number of thioether (sulfide) groups is 1. The molecule has 0 saturated heterocycles. The van der Waals surface area contributed by atoms with Gasteiger partial charge in [0.05, 0.1) is 10.7 Å². The van der Waals surface area contributed by atoms with Gasteiger partial charge in [-0.25, -0.2) is 0 Å². The number of hydrogen-bond acceptors (Lipinski definition) is 7. The predicted octanol–water partition coefficient (Wildman–Crippen LogP) is 3.43. The average molecular weight is 376 g/mol. The van der Waals surface area contributed by atoms with Crippen LogP contribution in [0.3, 0.4) is 0 Å². The van der Waals surface area contributed by atoms with Crippen LogP contribution in [0.25, 0.3) is 11.5 Å². The van der Waals surface area contributed by atoms with Crippen molar-refractivity contribution in [2.45, 2.75) is 43.9 Å². The minimum Gasteiger partial charge on any atom is -0.411 e. The summed E-state index contributed by atoms with van der Waals surface area (Å²) in [5, 5.41) is 22.0. The number of nitro groups is 1. The van der Waals surface area contributed by atoms with Gasteiger partial charge in [0.2, 0.25) is 11.8 Å². The number of hydrogen-bond donors (Lipinski definition) is 1. The van der Waals surface area contributed by atoms with Gasteiger partial charge in [-0.3, -0.25) is 14.9 Å². The molecular weight excluding hydrogens is 356 g/mol. The molecular formula is C17H20N4O4S. The molecule has 1 aliphatic rings. The van der Waals surface area contributed by atoms with Gasteiger partial charge in [-0.1, -0.05) is 37.6 Å². The number of carbonyl (C=O) groups excluding carboxylic acids is 1. The molecule has 1 aromatic carbocycles. The summed E-state index contributed by atoms with van der Waals surface area (Å²) >= 11 is 1.16. The highest BCUT2D eigenvalue weighted by Crippen LogP contribution is 2.26. The first kappa shape index (κ1) is 18.4. The lowest BCUT2D eigenvalue weighted by atomic mass is 9.86. The van der Waals surface area contributed by atoms with Crippen molar-refractivity contribution in [3.05, 3.63) is 34.4 Å².